The van der Waals surface area contributed by atoms with Crippen LogP contribution >= 0.6 is 12.2 Å². The van der Waals surface area contributed by atoms with Crippen molar-refractivity contribution in [1.82, 2.24) is 5.32 Å². The van der Waals surface area contributed by atoms with E-state index in [1.807, 2.05) is 56.3 Å². The topological polar surface area (TPSA) is 50.4 Å². The molecule has 0 unspecified atom stereocenters. The number of carbonyl (C=O) groups is 1. The molecule has 2 N–H and O–H groups in total. The number of methoxy groups -OCH3 is 1. The molecule has 0 spiro atoms. The van der Waals surface area contributed by atoms with Crippen molar-refractivity contribution >= 4 is 35.0 Å². The Hall–Kier alpha value is -2.66. The van der Waals surface area contributed by atoms with Crippen LogP contribution in [0.15, 0.2) is 48.5 Å². The molecule has 124 valence electrons. The number of para-hydroxylation sites is 1. The molecule has 2 aromatic rings. The van der Waals surface area contributed by atoms with Gasteiger partial charge >= 0.3 is 0 Å². The summed E-state index contributed by atoms with van der Waals surface area (Å²) in [6, 6.07) is 13.4. The number of nitrogens with one attached hydrogen (secondary N) is 2. The number of carbonyl (C=O) groups excluding carboxylic acids is 1. The van der Waals surface area contributed by atoms with Gasteiger partial charge < -0.3 is 10.1 Å². The van der Waals surface area contributed by atoms with E-state index >= 15 is 0 Å². The van der Waals surface area contributed by atoms with Gasteiger partial charge in [-0.1, -0.05) is 30.3 Å². The number of benzene rings is 2. The summed E-state index contributed by atoms with van der Waals surface area (Å²) in [6.07, 6.45) is 3.11. The van der Waals surface area contributed by atoms with E-state index in [0.717, 1.165) is 22.4 Å². The average molecular weight is 340 g/mol. The van der Waals surface area contributed by atoms with Gasteiger partial charge in [-0.05, 0) is 55.4 Å². The number of aryl methyl sites for hydroxylation is 1. The van der Waals surface area contributed by atoms with Crippen molar-refractivity contribution in [2.24, 2.45) is 0 Å². The number of anilines is 1. The Morgan fingerprint density at radius 3 is 2.62 bits per heavy atom. The van der Waals surface area contributed by atoms with Crippen molar-refractivity contribution in [3.63, 3.8) is 0 Å². The summed E-state index contributed by atoms with van der Waals surface area (Å²) in [5.41, 5.74) is 3.96. The molecule has 0 atom stereocenters. The van der Waals surface area contributed by atoms with Crippen LogP contribution in [0.2, 0.25) is 0 Å². The second-order valence-electron chi connectivity index (χ2n) is 5.27. The lowest BCUT2D eigenvalue weighted by molar-refractivity contribution is -0.115. The van der Waals surface area contributed by atoms with E-state index in [2.05, 4.69) is 10.6 Å². The van der Waals surface area contributed by atoms with Crippen molar-refractivity contribution < 1.29 is 9.53 Å². The molecule has 0 aliphatic carbocycles. The van der Waals surface area contributed by atoms with Gasteiger partial charge in [0.05, 0.1) is 7.11 Å². The molecule has 0 aromatic heterocycles. The maximum absolute atomic E-state index is 12.0. The van der Waals surface area contributed by atoms with Gasteiger partial charge in [-0.3, -0.25) is 10.1 Å². The van der Waals surface area contributed by atoms with Gasteiger partial charge in [-0.15, -0.1) is 0 Å². The second kappa shape index (κ2) is 8.26. The molecule has 5 heteroatoms. The predicted octanol–water partition coefficient (Wildman–Crippen LogP) is 3.84. The Balaban J connectivity index is 1.98. The van der Waals surface area contributed by atoms with Crippen molar-refractivity contribution in [1.29, 1.82) is 0 Å². The van der Waals surface area contributed by atoms with Crippen LogP contribution in [0.25, 0.3) is 6.08 Å². The van der Waals surface area contributed by atoms with E-state index in [0.29, 0.717) is 5.75 Å². The van der Waals surface area contributed by atoms with Gasteiger partial charge in [0.1, 0.15) is 5.75 Å². The van der Waals surface area contributed by atoms with E-state index in [9.17, 15) is 4.79 Å². The molecule has 0 aliphatic heterocycles. The van der Waals surface area contributed by atoms with Crippen LogP contribution in [0.3, 0.4) is 0 Å². The molecule has 0 heterocycles. The highest BCUT2D eigenvalue weighted by molar-refractivity contribution is 7.80. The fraction of sp³-hybridized carbons (Fsp3) is 0.158. The molecule has 0 aliphatic rings. The van der Waals surface area contributed by atoms with Crippen molar-refractivity contribution in [2.45, 2.75) is 13.8 Å². The molecule has 0 bridgehead atoms. The second-order valence-corrected chi connectivity index (χ2v) is 5.67. The summed E-state index contributed by atoms with van der Waals surface area (Å²) in [4.78, 5) is 12.0. The highest BCUT2D eigenvalue weighted by atomic mass is 32.1. The smallest absolute Gasteiger partial charge is 0.250 e. The fourth-order valence-corrected chi connectivity index (χ4v) is 2.37. The Morgan fingerprint density at radius 1 is 1.12 bits per heavy atom. The molecule has 0 radical (unpaired) electrons. The minimum atomic E-state index is -0.302. The molecule has 1 amide bonds. The largest absolute Gasteiger partial charge is 0.496 e. The SMILES string of the molecule is COc1ccccc1/C=C\C(=O)NC(=S)Nc1cccc(C)c1C. The standard InChI is InChI=1S/C19H20N2O2S/c1-13-7-6-9-16(14(13)2)20-19(24)21-18(22)12-11-15-8-4-5-10-17(15)23-3/h4-12H,1-3H3,(H2,20,21,22,24)/b12-11-. The lowest BCUT2D eigenvalue weighted by Crippen LogP contribution is -2.33. The van der Waals surface area contributed by atoms with Crippen molar-refractivity contribution in [3.8, 4) is 5.75 Å². The minimum Gasteiger partial charge on any atom is -0.496 e. The molecular formula is C19H20N2O2S. The maximum atomic E-state index is 12.0. The Kier molecular flexibility index (Phi) is 6.09. The van der Waals surface area contributed by atoms with Gasteiger partial charge in [0.15, 0.2) is 5.11 Å². The molecule has 4 nitrogen and oxygen atoms in total. The zero-order valence-electron chi connectivity index (χ0n) is 13.9. The number of thiocarbonyl (C=S) groups is 1. The lowest BCUT2D eigenvalue weighted by atomic mass is 10.1. The van der Waals surface area contributed by atoms with Crippen LogP contribution in [-0.4, -0.2) is 18.1 Å². The van der Waals surface area contributed by atoms with E-state index in [1.54, 1.807) is 13.2 Å². The Morgan fingerprint density at radius 2 is 1.88 bits per heavy atom. The monoisotopic (exact) mass is 340 g/mol. The summed E-state index contributed by atoms with van der Waals surface area (Å²) in [6.45, 7) is 4.03. The molecule has 0 saturated carbocycles. The third kappa shape index (κ3) is 4.67. The first-order chi connectivity index (χ1) is 11.5. The van der Waals surface area contributed by atoms with E-state index < -0.39 is 0 Å². The molecule has 2 aromatic carbocycles. The van der Waals surface area contributed by atoms with Gasteiger partial charge in [-0.25, -0.2) is 0 Å². The molecular weight excluding hydrogens is 320 g/mol. The van der Waals surface area contributed by atoms with Gasteiger partial charge in [-0.2, -0.15) is 0 Å². The predicted molar refractivity (Wildman–Crippen MR) is 102 cm³/mol. The van der Waals surface area contributed by atoms with Crippen LogP contribution in [0, 0.1) is 13.8 Å². The zero-order valence-corrected chi connectivity index (χ0v) is 14.7. The van der Waals surface area contributed by atoms with Gasteiger partial charge in [0.25, 0.3) is 0 Å². The summed E-state index contributed by atoms with van der Waals surface area (Å²) in [7, 11) is 1.59. The van der Waals surface area contributed by atoms with E-state index in [1.165, 1.54) is 6.08 Å². The minimum absolute atomic E-state index is 0.262. The van der Waals surface area contributed by atoms with Crippen LogP contribution in [0.5, 0.6) is 5.75 Å². The lowest BCUT2D eigenvalue weighted by Gasteiger charge is -2.12. The number of rotatable bonds is 4. The summed E-state index contributed by atoms with van der Waals surface area (Å²) in [5.74, 6) is 0.404. The van der Waals surface area contributed by atoms with E-state index in [-0.39, 0.29) is 11.0 Å². The first kappa shape index (κ1) is 17.7. The summed E-state index contributed by atoms with van der Waals surface area (Å²) in [5, 5.41) is 5.94. The molecule has 0 fully saturated rings. The van der Waals surface area contributed by atoms with Gasteiger partial charge in [0, 0.05) is 17.3 Å². The van der Waals surface area contributed by atoms with Crippen LogP contribution in [-0.2, 0) is 4.79 Å². The number of ether oxygens (including phenoxy) is 1. The third-order valence-electron chi connectivity index (χ3n) is 3.64. The molecule has 24 heavy (non-hydrogen) atoms. The van der Waals surface area contributed by atoms with Crippen molar-refractivity contribution in [3.05, 3.63) is 65.2 Å². The maximum Gasteiger partial charge on any atom is 0.250 e. The normalized spacial score (nSPS) is 10.5. The molecule has 2 rings (SSSR count). The number of hydrogen-bond donors (Lipinski definition) is 2. The first-order valence-electron chi connectivity index (χ1n) is 7.50. The zero-order chi connectivity index (χ0) is 17.5. The average Bonchev–Trinajstić information content (AvgIpc) is 2.57. The summed E-state index contributed by atoms with van der Waals surface area (Å²) >= 11 is 5.19. The quantitative estimate of drug-likeness (QED) is 0.656. The van der Waals surface area contributed by atoms with Crippen LogP contribution in [0.1, 0.15) is 16.7 Å². The first-order valence-corrected chi connectivity index (χ1v) is 7.91. The Labute approximate surface area is 147 Å². The Bertz CT molecular complexity index is 785. The highest BCUT2D eigenvalue weighted by Crippen LogP contribution is 2.19. The van der Waals surface area contributed by atoms with Crippen molar-refractivity contribution in [2.75, 3.05) is 12.4 Å². The fourth-order valence-electron chi connectivity index (χ4n) is 2.16. The van der Waals surface area contributed by atoms with Crippen LogP contribution < -0.4 is 15.4 Å². The summed E-state index contributed by atoms with van der Waals surface area (Å²) < 4.78 is 5.24. The van der Waals surface area contributed by atoms with E-state index in [4.69, 9.17) is 17.0 Å². The highest BCUT2D eigenvalue weighted by Gasteiger charge is 2.05. The third-order valence-corrected chi connectivity index (χ3v) is 3.85. The van der Waals surface area contributed by atoms with Gasteiger partial charge in [0.2, 0.25) is 5.91 Å². The number of hydrogen-bond acceptors (Lipinski definition) is 3. The molecule has 0 saturated heterocycles. The van der Waals surface area contributed by atoms with Crippen LogP contribution in [0.4, 0.5) is 5.69 Å². The number of amides is 1.